The second kappa shape index (κ2) is 3.59. The van der Waals surface area contributed by atoms with Crippen LogP contribution >= 0.6 is 0 Å². The number of nitrogens with two attached hydrogens (primary N) is 1. The van der Waals surface area contributed by atoms with Crippen LogP contribution in [0.1, 0.15) is 23.7 Å². The molecule has 0 radical (unpaired) electrons. The maximum absolute atomic E-state index is 5.59. The Balaban J connectivity index is 1.88. The maximum atomic E-state index is 5.59. The highest BCUT2D eigenvalue weighted by atomic mass is 15.4. The minimum atomic E-state index is 0.377. The van der Waals surface area contributed by atoms with Gasteiger partial charge in [0.25, 0.3) is 0 Å². The van der Waals surface area contributed by atoms with Gasteiger partial charge in [0.2, 0.25) is 5.95 Å². The lowest BCUT2D eigenvalue weighted by molar-refractivity contribution is 0.423. The normalized spacial score (nSPS) is 19.4. The fraction of sp³-hybridized carbons (Fsp3) is 0.364. The number of hydrogen-bond donors (Lipinski definition) is 1. The lowest BCUT2D eigenvalue weighted by atomic mass is 9.93. The molecule has 0 saturated carbocycles. The Morgan fingerprint density at radius 3 is 3.19 bits per heavy atom. The summed E-state index contributed by atoms with van der Waals surface area (Å²) in [5.74, 6) is 1.85. The molecule has 82 valence electrons. The fourth-order valence-corrected chi connectivity index (χ4v) is 2.22. The molecule has 0 aliphatic carbocycles. The zero-order valence-corrected chi connectivity index (χ0v) is 8.87. The van der Waals surface area contributed by atoms with Gasteiger partial charge >= 0.3 is 0 Å². The Bertz CT molecular complexity index is 490. The van der Waals surface area contributed by atoms with Gasteiger partial charge in [-0.2, -0.15) is 4.98 Å². The number of aryl methyl sites for hydroxylation is 1. The summed E-state index contributed by atoms with van der Waals surface area (Å²) in [5.41, 5.74) is 6.85. The smallest absolute Gasteiger partial charge is 0.239 e. The van der Waals surface area contributed by atoms with Gasteiger partial charge in [0.1, 0.15) is 5.82 Å². The number of nitrogen functional groups attached to an aromatic ring is 1. The third kappa shape index (κ3) is 1.54. The molecular formula is C11H13N5. The third-order valence-electron chi connectivity index (χ3n) is 3.03. The van der Waals surface area contributed by atoms with Crippen LogP contribution in [-0.2, 0) is 13.0 Å². The summed E-state index contributed by atoms with van der Waals surface area (Å²) in [6, 6.07) is 4.09. The van der Waals surface area contributed by atoms with E-state index in [2.05, 4.69) is 21.1 Å². The number of hydrogen-bond acceptors (Lipinski definition) is 4. The molecule has 3 rings (SSSR count). The molecular weight excluding hydrogens is 202 g/mol. The van der Waals surface area contributed by atoms with Crippen LogP contribution in [0, 0.1) is 0 Å². The van der Waals surface area contributed by atoms with Crippen LogP contribution < -0.4 is 5.73 Å². The summed E-state index contributed by atoms with van der Waals surface area (Å²) < 4.78 is 1.91. The van der Waals surface area contributed by atoms with Crippen molar-refractivity contribution < 1.29 is 0 Å². The molecule has 0 fully saturated rings. The van der Waals surface area contributed by atoms with E-state index in [1.807, 2.05) is 16.9 Å². The minimum Gasteiger partial charge on any atom is -0.366 e. The average molecular weight is 215 g/mol. The SMILES string of the molecule is Nc1nc2n(n1)CC(c1cccnc1)CC2. The summed E-state index contributed by atoms with van der Waals surface area (Å²) in [4.78, 5) is 8.34. The van der Waals surface area contributed by atoms with Gasteiger partial charge in [-0.3, -0.25) is 4.98 Å². The number of nitrogens with zero attached hydrogens (tertiary/aromatic N) is 4. The first-order chi connectivity index (χ1) is 7.83. The molecule has 0 spiro atoms. The van der Waals surface area contributed by atoms with Crippen molar-refractivity contribution in [3.05, 3.63) is 35.9 Å². The van der Waals surface area contributed by atoms with Crippen LogP contribution in [0.3, 0.4) is 0 Å². The zero-order valence-electron chi connectivity index (χ0n) is 8.87. The molecule has 2 aromatic rings. The van der Waals surface area contributed by atoms with Crippen molar-refractivity contribution in [2.24, 2.45) is 0 Å². The van der Waals surface area contributed by atoms with Gasteiger partial charge in [0.05, 0.1) is 6.54 Å². The first kappa shape index (κ1) is 9.33. The van der Waals surface area contributed by atoms with E-state index in [0.29, 0.717) is 11.9 Å². The van der Waals surface area contributed by atoms with Gasteiger partial charge < -0.3 is 5.73 Å². The van der Waals surface area contributed by atoms with Crippen LogP contribution in [0.25, 0.3) is 0 Å². The van der Waals surface area contributed by atoms with Crippen molar-refractivity contribution in [1.29, 1.82) is 0 Å². The molecule has 1 aliphatic rings. The van der Waals surface area contributed by atoms with E-state index < -0.39 is 0 Å². The summed E-state index contributed by atoms with van der Waals surface area (Å²) in [6.45, 7) is 0.852. The monoisotopic (exact) mass is 215 g/mol. The molecule has 2 N–H and O–H groups in total. The van der Waals surface area contributed by atoms with Crippen molar-refractivity contribution in [3.63, 3.8) is 0 Å². The summed E-state index contributed by atoms with van der Waals surface area (Å²) >= 11 is 0. The quantitative estimate of drug-likeness (QED) is 0.770. The van der Waals surface area contributed by atoms with Crippen LogP contribution in [0.5, 0.6) is 0 Å². The first-order valence-electron chi connectivity index (χ1n) is 5.42. The molecule has 0 bridgehead atoms. The van der Waals surface area contributed by atoms with E-state index in [1.54, 1.807) is 6.20 Å². The minimum absolute atomic E-state index is 0.377. The Morgan fingerprint density at radius 2 is 2.38 bits per heavy atom. The summed E-state index contributed by atoms with van der Waals surface area (Å²) in [6.07, 6.45) is 5.74. The van der Waals surface area contributed by atoms with Crippen LogP contribution in [0.15, 0.2) is 24.5 Å². The number of anilines is 1. The van der Waals surface area contributed by atoms with Gasteiger partial charge in [-0.25, -0.2) is 4.68 Å². The van der Waals surface area contributed by atoms with Crippen molar-refractivity contribution >= 4 is 5.95 Å². The number of fused-ring (bicyclic) bond motifs is 1. The molecule has 5 nitrogen and oxygen atoms in total. The summed E-state index contributed by atoms with van der Waals surface area (Å²) in [5, 5.41) is 4.19. The largest absolute Gasteiger partial charge is 0.366 e. The Hall–Kier alpha value is -1.91. The molecule has 16 heavy (non-hydrogen) atoms. The molecule has 0 saturated heterocycles. The van der Waals surface area contributed by atoms with Gasteiger partial charge in [0.15, 0.2) is 0 Å². The Morgan fingerprint density at radius 1 is 1.44 bits per heavy atom. The lowest BCUT2D eigenvalue weighted by Gasteiger charge is -2.22. The molecule has 0 amide bonds. The number of pyridine rings is 1. The summed E-state index contributed by atoms with van der Waals surface area (Å²) in [7, 11) is 0. The number of rotatable bonds is 1. The predicted octanol–water partition coefficient (Wildman–Crippen LogP) is 0.985. The highest BCUT2D eigenvalue weighted by Gasteiger charge is 2.22. The van der Waals surface area contributed by atoms with Crippen LogP contribution in [0.4, 0.5) is 5.95 Å². The van der Waals surface area contributed by atoms with E-state index in [-0.39, 0.29) is 0 Å². The Labute approximate surface area is 93.3 Å². The van der Waals surface area contributed by atoms with Crippen molar-refractivity contribution in [2.75, 3.05) is 5.73 Å². The van der Waals surface area contributed by atoms with E-state index in [4.69, 9.17) is 5.73 Å². The first-order valence-corrected chi connectivity index (χ1v) is 5.42. The van der Waals surface area contributed by atoms with E-state index in [1.165, 1.54) is 5.56 Å². The van der Waals surface area contributed by atoms with Gasteiger partial charge in [-0.1, -0.05) is 6.07 Å². The van der Waals surface area contributed by atoms with Gasteiger partial charge in [0, 0.05) is 24.7 Å². The third-order valence-corrected chi connectivity index (χ3v) is 3.03. The molecule has 2 aromatic heterocycles. The Kier molecular flexibility index (Phi) is 2.09. The van der Waals surface area contributed by atoms with Crippen molar-refractivity contribution in [1.82, 2.24) is 19.7 Å². The van der Waals surface area contributed by atoms with E-state index >= 15 is 0 Å². The molecule has 1 atom stereocenters. The molecule has 5 heteroatoms. The van der Waals surface area contributed by atoms with Crippen LogP contribution in [0.2, 0.25) is 0 Å². The highest BCUT2D eigenvalue weighted by molar-refractivity contribution is 5.19. The molecule has 1 unspecified atom stereocenters. The molecule has 0 aromatic carbocycles. The number of aromatic nitrogens is 4. The van der Waals surface area contributed by atoms with Crippen LogP contribution in [-0.4, -0.2) is 19.7 Å². The van der Waals surface area contributed by atoms with E-state index in [9.17, 15) is 0 Å². The predicted molar refractivity (Wildman–Crippen MR) is 59.7 cm³/mol. The van der Waals surface area contributed by atoms with Gasteiger partial charge in [-0.15, -0.1) is 5.10 Å². The highest BCUT2D eigenvalue weighted by Crippen LogP contribution is 2.27. The maximum Gasteiger partial charge on any atom is 0.239 e. The van der Waals surface area contributed by atoms with Crippen molar-refractivity contribution in [2.45, 2.75) is 25.3 Å². The standard InChI is InChI=1S/C11H13N5/c12-11-14-10-4-3-9(7-16(10)15-11)8-2-1-5-13-6-8/h1-2,5-6,9H,3-4,7H2,(H2,12,15). The second-order valence-electron chi connectivity index (χ2n) is 4.09. The molecule has 3 heterocycles. The second-order valence-corrected chi connectivity index (χ2v) is 4.09. The molecule has 1 aliphatic heterocycles. The average Bonchev–Trinajstić information content (AvgIpc) is 2.69. The topological polar surface area (TPSA) is 69.6 Å². The van der Waals surface area contributed by atoms with Crippen molar-refractivity contribution in [3.8, 4) is 0 Å². The van der Waals surface area contributed by atoms with E-state index in [0.717, 1.165) is 25.2 Å². The van der Waals surface area contributed by atoms with Gasteiger partial charge in [-0.05, 0) is 18.1 Å². The lowest BCUT2D eigenvalue weighted by Crippen LogP contribution is -2.20. The zero-order chi connectivity index (χ0) is 11.0. The fourth-order valence-electron chi connectivity index (χ4n) is 2.22.